The summed E-state index contributed by atoms with van der Waals surface area (Å²) in [6.45, 7) is 11.9. The van der Waals surface area contributed by atoms with E-state index in [4.69, 9.17) is 0 Å². The van der Waals surface area contributed by atoms with Crippen LogP contribution < -0.4 is 0 Å². The quantitative estimate of drug-likeness (QED) is 0.280. The van der Waals surface area contributed by atoms with Gasteiger partial charge in [0.25, 0.3) is 0 Å². The minimum atomic E-state index is 0.333. The lowest BCUT2D eigenvalue weighted by Crippen LogP contribution is -2.05. The molecule has 0 aliphatic carbocycles. The average molecular weight is 272 g/mol. The molecule has 0 unspecified atom stereocenters. The zero-order valence-electron chi connectivity index (χ0n) is 13.7. The van der Waals surface area contributed by atoms with Crippen molar-refractivity contribution in [2.75, 3.05) is 18.5 Å². The van der Waals surface area contributed by atoms with Gasteiger partial charge in [0.1, 0.15) is 0 Å². The third-order valence-electron chi connectivity index (χ3n) is 3.32. The minimum Gasteiger partial charge on any atom is -0.106 e. The molecule has 0 N–H and O–H groups in total. The van der Waals surface area contributed by atoms with Gasteiger partial charge in [0.2, 0.25) is 0 Å². The van der Waals surface area contributed by atoms with Crippen LogP contribution in [0.3, 0.4) is 0 Å². The second kappa shape index (κ2) is 12.5. The summed E-state index contributed by atoms with van der Waals surface area (Å²) in [5.74, 6) is 1.80. The standard InChI is InChI=1S/C17H37P/c1-6-7-8-9-10-11-12-13-18(14-16(2)3)15-17(4)5/h16-17H,6-15H2,1-5H3. The smallest absolute Gasteiger partial charge is 0.0303 e. The van der Waals surface area contributed by atoms with Crippen molar-refractivity contribution in [3.05, 3.63) is 0 Å². The monoisotopic (exact) mass is 272 g/mol. The van der Waals surface area contributed by atoms with Crippen LogP contribution in [0.1, 0.15) is 79.6 Å². The molecule has 0 aromatic heterocycles. The summed E-state index contributed by atoms with van der Waals surface area (Å²) < 4.78 is 0. The maximum absolute atomic E-state index is 2.39. The molecule has 0 nitrogen and oxygen atoms in total. The van der Waals surface area contributed by atoms with E-state index in [-0.39, 0.29) is 0 Å². The lowest BCUT2D eigenvalue weighted by Gasteiger charge is -2.21. The molecule has 0 saturated carbocycles. The van der Waals surface area contributed by atoms with Crippen molar-refractivity contribution in [3.8, 4) is 0 Å². The van der Waals surface area contributed by atoms with Gasteiger partial charge in [-0.25, -0.2) is 0 Å². The Kier molecular flexibility index (Phi) is 12.8. The first-order valence-electron chi connectivity index (χ1n) is 8.28. The molecule has 0 heterocycles. The van der Waals surface area contributed by atoms with E-state index in [1.165, 1.54) is 57.3 Å². The van der Waals surface area contributed by atoms with Gasteiger partial charge < -0.3 is 0 Å². The average Bonchev–Trinajstić information content (AvgIpc) is 2.26. The van der Waals surface area contributed by atoms with Crippen LogP contribution in [0.2, 0.25) is 0 Å². The molecule has 18 heavy (non-hydrogen) atoms. The second-order valence-electron chi connectivity index (χ2n) is 6.67. The van der Waals surface area contributed by atoms with Crippen LogP contribution in [-0.4, -0.2) is 18.5 Å². The number of unbranched alkanes of at least 4 members (excludes halogenated alkanes) is 6. The fourth-order valence-corrected chi connectivity index (χ4v) is 5.83. The third kappa shape index (κ3) is 12.9. The summed E-state index contributed by atoms with van der Waals surface area (Å²) >= 11 is 0. The van der Waals surface area contributed by atoms with Crippen molar-refractivity contribution < 1.29 is 0 Å². The highest BCUT2D eigenvalue weighted by molar-refractivity contribution is 7.57. The highest BCUT2D eigenvalue weighted by atomic mass is 31.1. The van der Waals surface area contributed by atoms with Crippen molar-refractivity contribution in [3.63, 3.8) is 0 Å². The van der Waals surface area contributed by atoms with E-state index in [1.807, 2.05) is 0 Å². The summed E-state index contributed by atoms with van der Waals surface area (Å²) in [5.41, 5.74) is 0. The molecule has 0 radical (unpaired) electrons. The molecule has 0 aliphatic heterocycles. The van der Waals surface area contributed by atoms with Crippen LogP contribution in [0.25, 0.3) is 0 Å². The molecular formula is C17H37P. The fraction of sp³-hybridized carbons (Fsp3) is 1.00. The zero-order valence-corrected chi connectivity index (χ0v) is 14.6. The van der Waals surface area contributed by atoms with Crippen molar-refractivity contribution in [2.45, 2.75) is 79.6 Å². The van der Waals surface area contributed by atoms with Crippen molar-refractivity contribution >= 4 is 7.92 Å². The maximum Gasteiger partial charge on any atom is -0.0303 e. The molecule has 0 atom stereocenters. The summed E-state index contributed by atoms with van der Waals surface area (Å²) in [6.07, 6.45) is 14.7. The summed E-state index contributed by atoms with van der Waals surface area (Å²) in [4.78, 5) is 0. The molecule has 0 rings (SSSR count). The fourth-order valence-electron chi connectivity index (χ4n) is 2.58. The Bertz CT molecular complexity index is 153. The van der Waals surface area contributed by atoms with E-state index in [1.54, 1.807) is 6.16 Å². The van der Waals surface area contributed by atoms with Gasteiger partial charge in [-0.2, -0.15) is 0 Å². The summed E-state index contributed by atoms with van der Waals surface area (Å²) in [6, 6.07) is 0. The summed E-state index contributed by atoms with van der Waals surface area (Å²) in [5, 5.41) is 0. The molecule has 0 aromatic rings. The van der Waals surface area contributed by atoms with Crippen LogP contribution in [0.15, 0.2) is 0 Å². The van der Waals surface area contributed by atoms with Crippen LogP contribution in [-0.2, 0) is 0 Å². The second-order valence-corrected chi connectivity index (χ2v) is 9.19. The molecule has 1 heteroatoms. The molecule has 0 amide bonds. The van der Waals surface area contributed by atoms with Gasteiger partial charge in [-0.05, 0) is 36.7 Å². The van der Waals surface area contributed by atoms with E-state index in [2.05, 4.69) is 34.6 Å². The molecule has 0 aliphatic rings. The van der Waals surface area contributed by atoms with Gasteiger partial charge in [-0.3, -0.25) is 0 Å². The van der Waals surface area contributed by atoms with Gasteiger partial charge in [-0.1, -0.05) is 73.1 Å². The molecule has 0 bridgehead atoms. The van der Waals surface area contributed by atoms with Crippen LogP contribution >= 0.6 is 7.92 Å². The highest BCUT2D eigenvalue weighted by Gasteiger charge is 2.11. The molecule has 0 saturated heterocycles. The number of rotatable bonds is 12. The van der Waals surface area contributed by atoms with E-state index in [0.717, 1.165) is 11.8 Å². The predicted molar refractivity (Wildman–Crippen MR) is 89.2 cm³/mol. The maximum atomic E-state index is 2.39. The SMILES string of the molecule is CCCCCCCCCP(CC(C)C)CC(C)C. The van der Waals surface area contributed by atoms with E-state index in [9.17, 15) is 0 Å². The molecule has 110 valence electrons. The van der Waals surface area contributed by atoms with Crippen molar-refractivity contribution in [1.82, 2.24) is 0 Å². The van der Waals surface area contributed by atoms with Gasteiger partial charge >= 0.3 is 0 Å². The van der Waals surface area contributed by atoms with Crippen molar-refractivity contribution in [1.29, 1.82) is 0 Å². The first kappa shape index (κ1) is 18.4. The first-order valence-corrected chi connectivity index (χ1v) is 10.2. The Labute approximate surface area is 118 Å². The van der Waals surface area contributed by atoms with Gasteiger partial charge in [0.05, 0.1) is 0 Å². The predicted octanol–water partition coefficient (Wildman–Crippen LogP) is 6.53. The van der Waals surface area contributed by atoms with Crippen LogP contribution in [0.4, 0.5) is 0 Å². The largest absolute Gasteiger partial charge is 0.106 e. The van der Waals surface area contributed by atoms with E-state index < -0.39 is 0 Å². The summed E-state index contributed by atoms with van der Waals surface area (Å²) in [7, 11) is 0.333. The van der Waals surface area contributed by atoms with Crippen LogP contribution in [0.5, 0.6) is 0 Å². The normalized spacial score (nSPS) is 12.0. The highest BCUT2D eigenvalue weighted by Crippen LogP contribution is 2.40. The lowest BCUT2D eigenvalue weighted by molar-refractivity contribution is 0.602. The first-order chi connectivity index (χ1) is 8.56. The molecule has 0 aromatic carbocycles. The van der Waals surface area contributed by atoms with E-state index >= 15 is 0 Å². The molecule has 0 fully saturated rings. The number of hydrogen-bond acceptors (Lipinski definition) is 0. The molecular weight excluding hydrogens is 235 g/mol. The molecule has 0 spiro atoms. The minimum absolute atomic E-state index is 0.333. The van der Waals surface area contributed by atoms with Gasteiger partial charge in [0, 0.05) is 0 Å². The Morgan fingerprint density at radius 2 is 1.11 bits per heavy atom. The van der Waals surface area contributed by atoms with Crippen molar-refractivity contribution in [2.24, 2.45) is 11.8 Å². The Morgan fingerprint density at radius 1 is 0.667 bits per heavy atom. The lowest BCUT2D eigenvalue weighted by atomic mass is 10.1. The van der Waals surface area contributed by atoms with Crippen LogP contribution in [0, 0.1) is 11.8 Å². The Morgan fingerprint density at radius 3 is 1.56 bits per heavy atom. The Hall–Kier alpha value is 0.430. The topological polar surface area (TPSA) is 0 Å². The van der Waals surface area contributed by atoms with Gasteiger partial charge in [0.15, 0.2) is 0 Å². The third-order valence-corrected chi connectivity index (χ3v) is 6.77. The Balaban J connectivity index is 3.56. The number of hydrogen-bond donors (Lipinski definition) is 0. The zero-order chi connectivity index (χ0) is 13.8. The van der Waals surface area contributed by atoms with Gasteiger partial charge in [-0.15, -0.1) is 7.92 Å². The van der Waals surface area contributed by atoms with E-state index in [0.29, 0.717) is 7.92 Å².